The molecule has 0 aromatic heterocycles. The van der Waals surface area contributed by atoms with Gasteiger partial charge >= 0.3 is 0 Å². The molecule has 0 atom stereocenters. The average molecular weight is 249 g/mol. The van der Waals surface area contributed by atoms with Crippen LogP contribution in [0.15, 0.2) is 24.3 Å². The van der Waals surface area contributed by atoms with E-state index in [2.05, 4.69) is 31.3 Å². The van der Waals surface area contributed by atoms with Crippen molar-refractivity contribution < 1.29 is 4.74 Å². The van der Waals surface area contributed by atoms with Gasteiger partial charge in [-0.25, -0.2) is 0 Å². The summed E-state index contributed by atoms with van der Waals surface area (Å²) in [7, 11) is 0. The second-order valence-corrected chi connectivity index (χ2v) is 5.52. The van der Waals surface area contributed by atoms with E-state index in [9.17, 15) is 0 Å². The highest BCUT2D eigenvalue weighted by molar-refractivity contribution is 5.27. The lowest BCUT2D eigenvalue weighted by Gasteiger charge is -2.10. The summed E-state index contributed by atoms with van der Waals surface area (Å²) in [4.78, 5) is 0. The van der Waals surface area contributed by atoms with Gasteiger partial charge in [-0.3, -0.25) is 0 Å². The maximum atomic E-state index is 5.62. The first-order valence-corrected chi connectivity index (χ1v) is 7.04. The molecule has 0 bridgehead atoms. The van der Waals surface area contributed by atoms with Gasteiger partial charge in [0.15, 0.2) is 0 Å². The summed E-state index contributed by atoms with van der Waals surface area (Å²) in [5.41, 5.74) is 1.32. The van der Waals surface area contributed by atoms with Gasteiger partial charge in [-0.05, 0) is 56.8 Å². The van der Waals surface area contributed by atoms with E-state index in [1.165, 1.54) is 18.4 Å². The maximum Gasteiger partial charge on any atom is 0.119 e. The Morgan fingerprint density at radius 2 is 1.72 bits per heavy atom. The standard InChI is InChI=1S/C16H27NO/c1-13(2)6-5-11-17-12-15-7-9-16(10-8-15)18-14(3)4/h7-10,13-14,17H,5-6,11-12H2,1-4H3. The monoisotopic (exact) mass is 249 g/mol. The molecule has 0 aliphatic carbocycles. The Morgan fingerprint density at radius 1 is 1.06 bits per heavy atom. The molecule has 0 saturated heterocycles. The largest absolute Gasteiger partial charge is 0.491 e. The first-order chi connectivity index (χ1) is 8.58. The van der Waals surface area contributed by atoms with E-state index in [-0.39, 0.29) is 6.10 Å². The molecule has 1 N–H and O–H groups in total. The molecule has 0 spiro atoms. The van der Waals surface area contributed by atoms with Crippen LogP contribution in [0.5, 0.6) is 5.75 Å². The van der Waals surface area contributed by atoms with Crippen molar-refractivity contribution in [3.05, 3.63) is 29.8 Å². The Bertz CT molecular complexity index is 316. The second-order valence-electron chi connectivity index (χ2n) is 5.52. The Morgan fingerprint density at radius 3 is 2.28 bits per heavy atom. The molecular formula is C16H27NO. The summed E-state index contributed by atoms with van der Waals surface area (Å²) >= 11 is 0. The third kappa shape index (κ3) is 6.65. The van der Waals surface area contributed by atoms with Crippen LogP contribution < -0.4 is 10.1 Å². The summed E-state index contributed by atoms with van der Waals surface area (Å²) in [6.45, 7) is 10.7. The minimum absolute atomic E-state index is 0.241. The molecule has 18 heavy (non-hydrogen) atoms. The van der Waals surface area contributed by atoms with Gasteiger partial charge < -0.3 is 10.1 Å². The van der Waals surface area contributed by atoms with E-state index in [0.29, 0.717) is 0 Å². The van der Waals surface area contributed by atoms with Crippen LogP contribution in [0, 0.1) is 5.92 Å². The minimum Gasteiger partial charge on any atom is -0.491 e. The summed E-state index contributed by atoms with van der Waals surface area (Å²) in [5.74, 6) is 1.76. The van der Waals surface area contributed by atoms with E-state index >= 15 is 0 Å². The van der Waals surface area contributed by atoms with Crippen LogP contribution in [-0.2, 0) is 6.54 Å². The van der Waals surface area contributed by atoms with Crippen LogP contribution in [0.1, 0.15) is 46.1 Å². The fraction of sp³-hybridized carbons (Fsp3) is 0.625. The molecule has 0 amide bonds. The molecule has 0 aliphatic rings. The first kappa shape index (κ1) is 15.0. The van der Waals surface area contributed by atoms with Gasteiger partial charge in [0, 0.05) is 6.54 Å². The number of hydrogen-bond donors (Lipinski definition) is 1. The predicted octanol–water partition coefficient (Wildman–Crippen LogP) is 4.00. The number of rotatable bonds is 8. The smallest absolute Gasteiger partial charge is 0.119 e. The van der Waals surface area contributed by atoms with Gasteiger partial charge in [-0.1, -0.05) is 26.0 Å². The predicted molar refractivity (Wildman–Crippen MR) is 78.0 cm³/mol. The minimum atomic E-state index is 0.241. The fourth-order valence-electron chi connectivity index (χ4n) is 1.83. The molecule has 2 nitrogen and oxygen atoms in total. The van der Waals surface area contributed by atoms with E-state index < -0.39 is 0 Å². The van der Waals surface area contributed by atoms with Gasteiger partial charge in [-0.15, -0.1) is 0 Å². The average Bonchev–Trinajstić information content (AvgIpc) is 2.30. The highest BCUT2D eigenvalue weighted by atomic mass is 16.5. The first-order valence-electron chi connectivity index (χ1n) is 7.04. The van der Waals surface area contributed by atoms with Gasteiger partial charge in [0.2, 0.25) is 0 Å². The molecule has 0 fully saturated rings. The third-order valence-electron chi connectivity index (χ3n) is 2.76. The lowest BCUT2D eigenvalue weighted by Crippen LogP contribution is -2.15. The van der Waals surface area contributed by atoms with Gasteiger partial charge in [0.1, 0.15) is 5.75 Å². The van der Waals surface area contributed by atoms with Crippen molar-refractivity contribution in [3.8, 4) is 5.75 Å². The van der Waals surface area contributed by atoms with E-state index in [1.54, 1.807) is 0 Å². The molecule has 1 aromatic carbocycles. The molecule has 0 unspecified atom stereocenters. The zero-order valence-electron chi connectivity index (χ0n) is 12.2. The van der Waals surface area contributed by atoms with Gasteiger partial charge in [0.25, 0.3) is 0 Å². The van der Waals surface area contributed by atoms with Crippen molar-refractivity contribution in [1.29, 1.82) is 0 Å². The molecule has 0 heterocycles. The van der Waals surface area contributed by atoms with Crippen molar-refractivity contribution in [2.75, 3.05) is 6.54 Å². The van der Waals surface area contributed by atoms with E-state index in [1.807, 2.05) is 26.0 Å². The van der Waals surface area contributed by atoms with Crippen LogP contribution in [0.4, 0.5) is 0 Å². The van der Waals surface area contributed by atoms with Crippen LogP contribution in [0.2, 0.25) is 0 Å². The zero-order valence-corrected chi connectivity index (χ0v) is 12.2. The van der Waals surface area contributed by atoms with Crippen LogP contribution >= 0.6 is 0 Å². The van der Waals surface area contributed by atoms with Crippen LogP contribution in [0.3, 0.4) is 0 Å². The number of hydrogen-bond acceptors (Lipinski definition) is 2. The van der Waals surface area contributed by atoms with Crippen molar-refractivity contribution in [2.45, 2.75) is 53.2 Å². The third-order valence-corrected chi connectivity index (χ3v) is 2.76. The maximum absolute atomic E-state index is 5.62. The number of nitrogens with one attached hydrogen (secondary N) is 1. The van der Waals surface area contributed by atoms with Crippen molar-refractivity contribution in [1.82, 2.24) is 5.32 Å². The van der Waals surface area contributed by atoms with E-state index in [4.69, 9.17) is 4.74 Å². The highest BCUT2D eigenvalue weighted by Gasteiger charge is 1.98. The lowest BCUT2D eigenvalue weighted by atomic mass is 10.1. The van der Waals surface area contributed by atoms with Crippen LogP contribution in [0.25, 0.3) is 0 Å². The quantitative estimate of drug-likeness (QED) is 0.703. The molecule has 0 radical (unpaired) electrons. The molecule has 2 heteroatoms. The Labute approximate surface area is 112 Å². The Balaban J connectivity index is 2.22. The molecule has 1 rings (SSSR count). The second kappa shape index (κ2) is 8.15. The molecule has 0 saturated carbocycles. The molecule has 1 aromatic rings. The van der Waals surface area contributed by atoms with Gasteiger partial charge in [-0.2, -0.15) is 0 Å². The summed E-state index contributed by atoms with van der Waals surface area (Å²) in [6, 6.07) is 8.36. The van der Waals surface area contributed by atoms with E-state index in [0.717, 1.165) is 24.8 Å². The SMILES string of the molecule is CC(C)CCCNCc1ccc(OC(C)C)cc1. The zero-order chi connectivity index (χ0) is 13.4. The Hall–Kier alpha value is -1.02. The van der Waals surface area contributed by atoms with Crippen LogP contribution in [-0.4, -0.2) is 12.6 Å². The molecule has 0 aliphatic heterocycles. The van der Waals surface area contributed by atoms with Crippen molar-refractivity contribution in [3.63, 3.8) is 0 Å². The number of benzene rings is 1. The van der Waals surface area contributed by atoms with Crippen molar-refractivity contribution in [2.24, 2.45) is 5.92 Å². The molecule has 102 valence electrons. The summed E-state index contributed by atoms with van der Waals surface area (Å²) < 4.78 is 5.62. The lowest BCUT2D eigenvalue weighted by molar-refractivity contribution is 0.242. The Kier molecular flexibility index (Phi) is 6.81. The summed E-state index contributed by atoms with van der Waals surface area (Å²) in [5, 5.41) is 3.48. The highest BCUT2D eigenvalue weighted by Crippen LogP contribution is 2.13. The topological polar surface area (TPSA) is 21.3 Å². The fourth-order valence-corrected chi connectivity index (χ4v) is 1.83. The number of ether oxygens (including phenoxy) is 1. The van der Waals surface area contributed by atoms with Crippen molar-refractivity contribution >= 4 is 0 Å². The van der Waals surface area contributed by atoms with Gasteiger partial charge in [0.05, 0.1) is 6.10 Å². The molecular weight excluding hydrogens is 222 g/mol. The summed E-state index contributed by atoms with van der Waals surface area (Å²) in [6.07, 6.45) is 2.80. The normalized spacial score (nSPS) is 11.2.